The third kappa shape index (κ3) is 3.26. The molecule has 27 heavy (non-hydrogen) atoms. The number of nitrogens with zero attached hydrogens (tertiary/aromatic N) is 2. The van der Waals surface area contributed by atoms with E-state index in [0.29, 0.717) is 42.2 Å². The Bertz CT molecular complexity index is 1160. The van der Waals surface area contributed by atoms with Gasteiger partial charge in [0.25, 0.3) is 0 Å². The quantitative estimate of drug-likeness (QED) is 0.745. The van der Waals surface area contributed by atoms with Gasteiger partial charge in [-0.3, -0.25) is 4.98 Å². The molecule has 0 atom stereocenters. The first kappa shape index (κ1) is 17.8. The zero-order chi connectivity index (χ0) is 19.2. The van der Waals surface area contributed by atoms with Gasteiger partial charge in [0, 0.05) is 31.9 Å². The minimum absolute atomic E-state index is 0.344. The van der Waals surface area contributed by atoms with Gasteiger partial charge in [0.1, 0.15) is 0 Å². The predicted octanol–water partition coefficient (Wildman–Crippen LogP) is 2.25. The van der Waals surface area contributed by atoms with Crippen molar-refractivity contribution in [3.63, 3.8) is 0 Å². The van der Waals surface area contributed by atoms with Crippen LogP contribution in [0.5, 0.6) is 0 Å². The number of benzene rings is 2. The molecule has 0 unspecified atom stereocenters. The lowest BCUT2D eigenvalue weighted by Gasteiger charge is -2.35. The maximum Gasteiger partial charge on any atom is 0.417 e. The topological polar surface area (TPSA) is 86.6 Å². The first-order valence-electron chi connectivity index (χ1n) is 8.80. The number of aryl methyl sites for hydroxylation is 2. The van der Waals surface area contributed by atoms with Crippen molar-refractivity contribution in [2.24, 2.45) is 0 Å². The van der Waals surface area contributed by atoms with Crippen molar-refractivity contribution in [2.45, 2.75) is 18.7 Å². The lowest BCUT2D eigenvalue weighted by atomic mass is 10.1. The second-order valence-corrected chi connectivity index (χ2v) is 8.77. The smallest absolute Gasteiger partial charge is 0.408 e. The highest BCUT2D eigenvalue weighted by molar-refractivity contribution is 7.89. The first-order valence-corrected chi connectivity index (χ1v) is 10.2. The molecular formula is C19H21N3O4S. The van der Waals surface area contributed by atoms with Gasteiger partial charge in [0.2, 0.25) is 10.0 Å². The fourth-order valence-corrected chi connectivity index (χ4v) is 4.85. The van der Waals surface area contributed by atoms with Crippen LogP contribution in [0.3, 0.4) is 0 Å². The number of H-pyrrole nitrogens is 1. The maximum atomic E-state index is 12.9. The number of oxazole rings is 1. The van der Waals surface area contributed by atoms with Crippen LogP contribution in [0.15, 0.2) is 50.5 Å². The van der Waals surface area contributed by atoms with E-state index in [1.165, 1.54) is 4.31 Å². The number of aromatic amines is 1. The van der Waals surface area contributed by atoms with Crippen molar-refractivity contribution < 1.29 is 12.8 Å². The standard InChI is InChI=1S/C19H21N3O4S/c1-13-3-5-16(11-14(13)2)27(24,25)22-9-7-21(8-10-22)15-4-6-18-17(12-15)20-19(23)26-18/h3-6,11-12H,7-10H2,1-2H3,(H,20,23). The highest BCUT2D eigenvalue weighted by Crippen LogP contribution is 2.24. The summed E-state index contributed by atoms with van der Waals surface area (Å²) >= 11 is 0. The van der Waals surface area contributed by atoms with Crippen molar-refractivity contribution in [3.8, 4) is 0 Å². The molecular weight excluding hydrogens is 366 g/mol. The zero-order valence-electron chi connectivity index (χ0n) is 15.2. The summed E-state index contributed by atoms with van der Waals surface area (Å²) in [6.45, 7) is 5.87. The van der Waals surface area contributed by atoms with Gasteiger partial charge in [-0.15, -0.1) is 0 Å². The van der Waals surface area contributed by atoms with E-state index < -0.39 is 15.8 Å². The monoisotopic (exact) mass is 387 g/mol. The molecule has 4 rings (SSSR count). The highest BCUT2D eigenvalue weighted by atomic mass is 32.2. The average Bonchev–Trinajstić information content (AvgIpc) is 3.03. The van der Waals surface area contributed by atoms with Crippen molar-refractivity contribution >= 4 is 26.8 Å². The van der Waals surface area contributed by atoms with Crippen LogP contribution in [0, 0.1) is 13.8 Å². The van der Waals surface area contributed by atoms with Crippen molar-refractivity contribution in [3.05, 3.63) is 58.1 Å². The third-order valence-electron chi connectivity index (χ3n) is 5.12. The molecule has 3 aromatic rings. The summed E-state index contributed by atoms with van der Waals surface area (Å²) in [4.78, 5) is 16.4. The van der Waals surface area contributed by atoms with Crippen LogP contribution in [-0.2, 0) is 10.0 Å². The lowest BCUT2D eigenvalue weighted by Crippen LogP contribution is -2.48. The van der Waals surface area contributed by atoms with E-state index in [1.54, 1.807) is 18.2 Å². The van der Waals surface area contributed by atoms with Gasteiger partial charge in [0.05, 0.1) is 10.4 Å². The minimum Gasteiger partial charge on any atom is -0.408 e. The van der Waals surface area contributed by atoms with Crippen LogP contribution in [0.1, 0.15) is 11.1 Å². The largest absolute Gasteiger partial charge is 0.417 e. The van der Waals surface area contributed by atoms with Crippen molar-refractivity contribution in [2.75, 3.05) is 31.1 Å². The molecule has 0 radical (unpaired) electrons. The Labute approximate surface area is 157 Å². The number of rotatable bonds is 3. The molecule has 1 aliphatic rings. The van der Waals surface area contributed by atoms with E-state index in [2.05, 4.69) is 9.88 Å². The number of anilines is 1. The average molecular weight is 387 g/mol. The number of aromatic nitrogens is 1. The molecule has 1 N–H and O–H groups in total. The molecule has 2 heterocycles. The molecule has 142 valence electrons. The summed E-state index contributed by atoms with van der Waals surface area (Å²) in [6.07, 6.45) is 0. The lowest BCUT2D eigenvalue weighted by molar-refractivity contribution is 0.385. The Hall–Kier alpha value is -2.58. The highest BCUT2D eigenvalue weighted by Gasteiger charge is 2.29. The van der Waals surface area contributed by atoms with Gasteiger partial charge >= 0.3 is 5.76 Å². The van der Waals surface area contributed by atoms with Crippen LogP contribution in [-0.4, -0.2) is 43.9 Å². The molecule has 1 aromatic heterocycles. The summed E-state index contributed by atoms with van der Waals surface area (Å²) in [5.41, 5.74) is 4.13. The van der Waals surface area contributed by atoms with Crippen LogP contribution >= 0.6 is 0 Å². The molecule has 7 nitrogen and oxygen atoms in total. The van der Waals surface area contributed by atoms with Crippen molar-refractivity contribution in [1.29, 1.82) is 0 Å². The minimum atomic E-state index is -3.49. The van der Waals surface area contributed by atoms with E-state index in [9.17, 15) is 13.2 Å². The predicted molar refractivity (Wildman–Crippen MR) is 104 cm³/mol. The normalized spacial score (nSPS) is 16.1. The molecule has 0 amide bonds. The van der Waals surface area contributed by atoms with Crippen LogP contribution < -0.4 is 10.7 Å². The Morgan fingerprint density at radius 3 is 2.41 bits per heavy atom. The number of hydrogen-bond acceptors (Lipinski definition) is 5. The summed E-state index contributed by atoms with van der Waals surface area (Å²) < 4.78 is 32.4. The van der Waals surface area contributed by atoms with Crippen LogP contribution in [0.25, 0.3) is 11.1 Å². The van der Waals surface area contributed by atoms with E-state index >= 15 is 0 Å². The van der Waals surface area contributed by atoms with Gasteiger partial charge in [-0.05, 0) is 55.3 Å². The zero-order valence-corrected chi connectivity index (χ0v) is 16.0. The number of piperazine rings is 1. The third-order valence-corrected chi connectivity index (χ3v) is 7.02. The summed E-state index contributed by atoms with van der Waals surface area (Å²) in [6, 6.07) is 10.7. The summed E-state index contributed by atoms with van der Waals surface area (Å²) in [5, 5.41) is 0. The summed E-state index contributed by atoms with van der Waals surface area (Å²) in [5.74, 6) is -0.480. The molecule has 0 bridgehead atoms. The van der Waals surface area contributed by atoms with Gasteiger partial charge in [0.15, 0.2) is 5.58 Å². The fraction of sp³-hybridized carbons (Fsp3) is 0.316. The van der Waals surface area contributed by atoms with Gasteiger partial charge < -0.3 is 9.32 Å². The molecule has 0 spiro atoms. The molecule has 1 saturated heterocycles. The number of sulfonamides is 1. The van der Waals surface area contributed by atoms with E-state index in [4.69, 9.17) is 4.42 Å². The maximum absolute atomic E-state index is 12.9. The van der Waals surface area contributed by atoms with Gasteiger partial charge in [-0.25, -0.2) is 13.2 Å². The molecule has 1 fully saturated rings. The first-order chi connectivity index (χ1) is 12.8. The Morgan fingerprint density at radius 2 is 1.70 bits per heavy atom. The molecule has 2 aromatic carbocycles. The molecule has 0 aliphatic carbocycles. The van der Waals surface area contributed by atoms with E-state index in [-0.39, 0.29) is 0 Å². The number of fused-ring (bicyclic) bond motifs is 1. The second-order valence-electron chi connectivity index (χ2n) is 6.83. The molecule has 1 aliphatic heterocycles. The Balaban J connectivity index is 1.51. The number of nitrogens with one attached hydrogen (secondary N) is 1. The van der Waals surface area contributed by atoms with E-state index in [0.717, 1.165) is 16.8 Å². The van der Waals surface area contributed by atoms with Crippen LogP contribution in [0.4, 0.5) is 5.69 Å². The van der Waals surface area contributed by atoms with E-state index in [1.807, 2.05) is 32.0 Å². The van der Waals surface area contributed by atoms with Crippen molar-refractivity contribution in [1.82, 2.24) is 9.29 Å². The number of hydrogen-bond donors (Lipinski definition) is 1. The Morgan fingerprint density at radius 1 is 0.963 bits per heavy atom. The fourth-order valence-electron chi connectivity index (χ4n) is 3.35. The summed E-state index contributed by atoms with van der Waals surface area (Å²) in [7, 11) is -3.49. The second kappa shape index (κ2) is 6.54. The SMILES string of the molecule is Cc1ccc(S(=O)(=O)N2CCN(c3ccc4oc(=O)[nH]c4c3)CC2)cc1C. The van der Waals surface area contributed by atoms with Crippen LogP contribution in [0.2, 0.25) is 0 Å². The van der Waals surface area contributed by atoms with Gasteiger partial charge in [-0.1, -0.05) is 6.07 Å². The molecule has 8 heteroatoms. The molecule has 0 saturated carbocycles. The Kier molecular flexibility index (Phi) is 4.32. The van der Waals surface area contributed by atoms with Gasteiger partial charge in [-0.2, -0.15) is 4.31 Å².